The first-order valence-corrected chi connectivity index (χ1v) is 9.25. The maximum Gasteiger partial charge on any atom is 0.123 e. The fourth-order valence-corrected chi connectivity index (χ4v) is 3.86. The molecular formula is C22H19NOS. The first kappa shape index (κ1) is 16.0. The number of aromatic nitrogens is 1. The Bertz CT molecular complexity index is 901. The van der Waals surface area contributed by atoms with Crippen molar-refractivity contribution >= 4 is 21.6 Å². The zero-order valence-corrected chi connectivity index (χ0v) is 14.7. The van der Waals surface area contributed by atoms with Gasteiger partial charge in [-0.3, -0.25) is 0 Å². The SMILES string of the molecule is c1ccc(CO[C@H](Cc2ccccc2)c2nc3ccccc3s2)cc1. The lowest BCUT2D eigenvalue weighted by atomic mass is 10.1. The summed E-state index contributed by atoms with van der Waals surface area (Å²) in [5.41, 5.74) is 3.49. The second kappa shape index (κ2) is 7.60. The molecule has 1 heterocycles. The van der Waals surface area contributed by atoms with Crippen LogP contribution in [0.5, 0.6) is 0 Å². The fourth-order valence-electron chi connectivity index (χ4n) is 2.84. The summed E-state index contributed by atoms with van der Waals surface area (Å²) in [6, 6.07) is 29.0. The Kier molecular flexibility index (Phi) is 4.86. The van der Waals surface area contributed by atoms with Crippen LogP contribution in [0.4, 0.5) is 0 Å². The normalized spacial score (nSPS) is 12.3. The largest absolute Gasteiger partial charge is 0.366 e. The summed E-state index contributed by atoms with van der Waals surface area (Å²) in [7, 11) is 0. The first-order chi connectivity index (χ1) is 12.4. The first-order valence-electron chi connectivity index (χ1n) is 8.43. The van der Waals surface area contributed by atoms with Crippen LogP contribution < -0.4 is 0 Å². The van der Waals surface area contributed by atoms with E-state index in [-0.39, 0.29) is 6.10 Å². The van der Waals surface area contributed by atoms with Crippen LogP contribution in [0.2, 0.25) is 0 Å². The van der Waals surface area contributed by atoms with Crippen LogP contribution in [0.1, 0.15) is 22.2 Å². The summed E-state index contributed by atoms with van der Waals surface area (Å²) in [6.45, 7) is 0.592. The number of fused-ring (bicyclic) bond motifs is 1. The molecule has 0 aliphatic rings. The van der Waals surface area contributed by atoms with Crippen LogP contribution in [0.25, 0.3) is 10.2 Å². The van der Waals surface area contributed by atoms with Gasteiger partial charge in [-0.15, -0.1) is 11.3 Å². The molecule has 0 saturated heterocycles. The van der Waals surface area contributed by atoms with Crippen molar-refractivity contribution < 1.29 is 4.74 Å². The van der Waals surface area contributed by atoms with E-state index in [1.54, 1.807) is 11.3 Å². The number of hydrogen-bond acceptors (Lipinski definition) is 3. The molecule has 25 heavy (non-hydrogen) atoms. The Morgan fingerprint density at radius 3 is 2.12 bits per heavy atom. The van der Waals surface area contributed by atoms with Gasteiger partial charge in [0, 0.05) is 6.42 Å². The summed E-state index contributed by atoms with van der Waals surface area (Å²) in [4.78, 5) is 4.82. The second-order valence-corrected chi connectivity index (χ2v) is 7.06. The van der Waals surface area contributed by atoms with Crippen molar-refractivity contribution in [1.29, 1.82) is 0 Å². The minimum Gasteiger partial charge on any atom is -0.366 e. The van der Waals surface area contributed by atoms with E-state index in [9.17, 15) is 0 Å². The number of benzene rings is 3. The van der Waals surface area contributed by atoms with Gasteiger partial charge in [-0.1, -0.05) is 72.8 Å². The maximum atomic E-state index is 6.30. The lowest BCUT2D eigenvalue weighted by Crippen LogP contribution is -2.08. The van der Waals surface area contributed by atoms with Crippen LogP contribution >= 0.6 is 11.3 Å². The highest BCUT2D eigenvalue weighted by Crippen LogP contribution is 2.31. The van der Waals surface area contributed by atoms with Gasteiger partial charge in [-0.2, -0.15) is 0 Å². The van der Waals surface area contributed by atoms with Gasteiger partial charge < -0.3 is 4.74 Å². The molecule has 0 unspecified atom stereocenters. The van der Waals surface area contributed by atoms with Gasteiger partial charge in [-0.25, -0.2) is 4.98 Å². The monoisotopic (exact) mass is 345 g/mol. The minimum absolute atomic E-state index is 0.0417. The molecule has 0 aliphatic heterocycles. The predicted octanol–water partition coefficient (Wildman–Crippen LogP) is 5.80. The second-order valence-electron chi connectivity index (χ2n) is 5.99. The molecule has 2 nitrogen and oxygen atoms in total. The topological polar surface area (TPSA) is 22.1 Å². The molecule has 0 fully saturated rings. The molecule has 4 aromatic rings. The third kappa shape index (κ3) is 3.95. The Hall–Kier alpha value is -2.49. The Labute approximate surface area is 151 Å². The molecule has 0 aliphatic carbocycles. The van der Waals surface area contributed by atoms with Crippen molar-refractivity contribution in [3.05, 3.63) is 101 Å². The van der Waals surface area contributed by atoms with E-state index in [1.165, 1.54) is 15.8 Å². The summed E-state index contributed by atoms with van der Waals surface area (Å²) in [5, 5.41) is 1.04. The van der Waals surface area contributed by atoms with Crippen molar-refractivity contribution in [2.24, 2.45) is 0 Å². The molecule has 3 heteroatoms. The maximum absolute atomic E-state index is 6.30. The van der Waals surface area contributed by atoms with Crippen molar-refractivity contribution in [2.45, 2.75) is 19.1 Å². The van der Waals surface area contributed by atoms with Crippen molar-refractivity contribution in [1.82, 2.24) is 4.98 Å². The number of thiazole rings is 1. The molecule has 0 spiro atoms. The lowest BCUT2D eigenvalue weighted by Gasteiger charge is -2.16. The van der Waals surface area contributed by atoms with E-state index >= 15 is 0 Å². The summed E-state index contributed by atoms with van der Waals surface area (Å²) < 4.78 is 7.50. The van der Waals surface area contributed by atoms with E-state index < -0.39 is 0 Å². The van der Waals surface area contributed by atoms with Crippen LogP contribution in [-0.2, 0) is 17.8 Å². The van der Waals surface area contributed by atoms with Crippen LogP contribution in [-0.4, -0.2) is 4.98 Å². The van der Waals surface area contributed by atoms with Crippen molar-refractivity contribution in [2.75, 3.05) is 0 Å². The van der Waals surface area contributed by atoms with E-state index in [0.29, 0.717) is 6.61 Å². The fraction of sp³-hybridized carbons (Fsp3) is 0.136. The smallest absolute Gasteiger partial charge is 0.123 e. The highest BCUT2D eigenvalue weighted by atomic mass is 32.1. The highest BCUT2D eigenvalue weighted by molar-refractivity contribution is 7.18. The summed E-state index contributed by atoms with van der Waals surface area (Å²) in [6.07, 6.45) is 0.785. The molecule has 1 atom stereocenters. The number of ether oxygens (including phenoxy) is 1. The molecular weight excluding hydrogens is 326 g/mol. The minimum atomic E-state index is -0.0417. The van der Waals surface area contributed by atoms with Crippen LogP contribution in [0, 0.1) is 0 Å². The van der Waals surface area contributed by atoms with Crippen LogP contribution in [0.15, 0.2) is 84.9 Å². The summed E-state index contributed by atoms with van der Waals surface area (Å²) >= 11 is 1.72. The van der Waals surface area contributed by atoms with Gasteiger partial charge in [0.05, 0.1) is 16.8 Å². The molecule has 124 valence electrons. The van der Waals surface area contributed by atoms with Gasteiger partial charge >= 0.3 is 0 Å². The molecule has 0 N–H and O–H groups in total. The van der Waals surface area contributed by atoms with Gasteiger partial charge in [0.1, 0.15) is 11.1 Å². The molecule has 3 aromatic carbocycles. The Morgan fingerprint density at radius 1 is 0.760 bits per heavy atom. The third-order valence-corrected chi connectivity index (χ3v) is 5.27. The predicted molar refractivity (Wildman–Crippen MR) is 104 cm³/mol. The van der Waals surface area contributed by atoms with Gasteiger partial charge in [-0.05, 0) is 23.3 Å². The third-order valence-electron chi connectivity index (χ3n) is 4.14. The van der Waals surface area contributed by atoms with Crippen molar-refractivity contribution in [3.63, 3.8) is 0 Å². The van der Waals surface area contributed by atoms with Gasteiger partial charge in [0.25, 0.3) is 0 Å². The number of hydrogen-bond donors (Lipinski definition) is 0. The van der Waals surface area contributed by atoms with Gasteiger partial charge in [0.15, 0.2) is 0 Å². The summed E-state index contributed by atoms with van der Waals surface area (Å²) in [5.74, 6) is 0. The van der Waals surface area contributed by atoms with E-state index in [0.717, 1.165) is 16.9 Å². The molecule has 1 aromatic heterocycles. The van der Waals surface area contributed by atoms with Crippen molar-refractivity contribution in [3.8, 4) is 0 Å². The number of para-hydroxylation sites is 1. The van der Waals surface area contributed by atoms with E-state index in [4.69, 9.17) is 9.72 Å². The molecule has 0 amide bonds. The Balaban J connectivity index is 1.60. The number of rotatable bonds is 6. The zero-order chi connectivity index (χ0) is 16.9. The zero-order valence-electron chi connectivity index (χ0n) is 13.8. The van der Waals surface area contributed by atoms with Gasteiger partial charge in [0.2, 0.25) is 0 Å². The Morgan fingerprint density at radius 2 is 1.40 bits per heavy atom. The molecule has 0 bridgehead atoms. The molecule has 0 saturated carbocycles. The average molecular weight is 345 g/mol. The molecule has 4 rings (SSSR count). The highest BCUT2D eigenvalue weighted by Gasteiger charge is 2.18. The van der Waals surface area contributed by atoms with Crippen LogP contribution in [0.3, 0.4) is 0 Å². The van der Waals surface area contributed by atoms with E-state index in [2.05, 4.69) is 54.6 Å². The quantitative estimate of drug-likeness (QED) is 0.441. The lowest BCUT2D eigenvalue weighted by molar-refractivity contribution is 0.0399. The van der Waals surface area contributed by atoms with E-state index in [1.807, 2.05) is 30.3 Å². The average Bonchev–Trinajstić information content (AvgIpc) is 3.11. The number of nitrogens with zero attached hydrogens (tertiary/aromatic N) is 1. The standard InChI is InChI=1S/C22H19NOS/c1-3-9-17(10-4-1)15-20(24-16-18-11-5-2-6-12-18)22-23-19-13-7-8-14-21(19)25-22/h1-14,20H,15-16H2/t20-/m1/s1. The molecule has 0 radical (unpaired) electrons.